The van der Waals surface area contributed by atoms with Crippen LogP contribution in [0.4, 0.5) is 5.69 Å². The van der Waals surface area contributed by atoms with E-state index < -0.39 is 0 Å². The molecule has 0 saturated carbocycles. The van der Waals surface area contributed by atoms with Crippen LogP contribution in [0.5, 0.6) is 0 Å². The number of non-ortho nitro benzene ring substituents is 1. The van der Waals surface area contributed by atoms with Gasteiger partial charge in [0.15, 0.2) is 0 Å². The first-order valence-corrected chi connectivity index (χ1v) is 6.84. The molecule has 0 aliphatic carbocycles. The van der Waals surface area contributed by atoms with Gasteiger partial charge >= 0.3 is 0 Å². The minimum absolute atomic E-state index is 0.147. The third-order valence-electron chi connectivity index (χ3n) is 3.53. The predicted octanol–water partition coefficient (Wildman–Crippen LogP) is 2.17. The molecular formula is C14H21N3O2. The highest BCUT2D eigenvalue weighted by molar-refractivity contribution is 5.32. The summed E-state index contributed by atoms with van der Waals surface area (Å²) >= 11 is 0. The van der Waals surface area contributed by atoms with Crippen molar-refractivity contribution in [2.45, 2.75) is 32.4 Å². The first-order chi connectivity index (χ1) is 9.15. The van der Waals surface area contributed by atoms with Crippen LogP contribution in [0.15, 0.2) is 24.3 Å². The molecule has 1 aliphatic heterocycles. The van der Waals surface area contributed by atoms with Crippen molar-refractivity contribution >= 4 is 5.69 Å². The first-order valence-electron chi connectivity index (χ1n) is 6.84. The largest absolute Gasteiger partial charge is 0.309 e. The summed E-state index contributed by atoms with van der Waals surface area (Å²) in [5.74, 6) is 0. The van der Waals surface area contributed by atoms with Gasteiger partial charge in [0, 0.05) is 31.3 Å². The molecule has 5 heteroatoms. The number of benzene rings is 1. The molecule has 1 saturated heterocycles. The van der Waals surface area contributed by atoms with E-state index in [1.807, 2.05) is 12.1 Å². The second-order valence-electron chi connectivity index (χ2n) is 5.21. The van der Waals surface area contributed by atoms with Gasteiger partial charge in [-0.15, -0.1) is 0 Å². The summed E-state index contributed by atoms with van der Waals surface area (Å²) in [5.41, 5.74) is 1.23. The van der Waals surface area contributed by atoms with E-state index in [0.29, 0.717) is 6.04 Å². The van der Waals surface area contributed by atoms with E-state index in [0.717, 1.165) is 18.7 Å². The van der Waals surface area contributed by atoms with Crippen molar-refractivity contribution in [3.05, 3.63) is 39.9 Å². The summed E-state index contributed by atoms with van der Waals surface area (Å²) in [6.45, 7) is 6.44. The summed E-state index contributed by atoms with van der Waals surface area (Å²) in [6.07, 6.45) is 2.63. The Bertz CT molecular complexity index is 413. The lowest BCUT2D eigenvalue weighted by Crippen LogP contribution is -2.37. The van der Waals surface area contributed by atoms with Gasteiger partial charge in [-0.2, -0.15) is 0 Å². The van der Waals surface area contributed by atoms with Crippen molar-refractivity contribution in [1.82, 2.24) is 10.2 Å². The van der Waals surface area contributed by atoms with Crippen LogP contribution in [0, 0.1) is 10.1 Å². The fourth-order valence-electron chi connectivity index (χ4n) is 2.44. The molecule has 5 nitrogen and oxygen atoms in total. The van der Waals surface area contributed by atoms with Gasteiger partial charge in [-0.05, 0) is 38.4 Å². The van der Waals surface area contributed by atoms with Gasteiger partial charge in [0.1, 0.15) is 0 Å². The van der Waals surface area contributed by atoms with Crippen LogP contribution in [0.3, 0.4) is 0 Å². The highest BCUT2D eigenvalue weighted by Gasteiger charge is 2.14. The molecule has 104 valence electrons. The van der Waals surface area contributed by atoms with E-state index in [9.17, 15) is 10.1 Å². The number of nitrogens with zero attached hydrogens (tertiary/aromatic N) is 2. The molecule has 1 aliphatic rings. The van der Waals surface area contributed by atoms with E-state index in [1.165, 1.54) is 25.9 Å². The van der Waals surface area contributed by atoms with Crippen LogP contribution in [0.1, 0.15) is 25.3 Å². The number of hydrogen-bond donors (Lipinski definition) is 1. The lowest BCUT2D eigenvalue weighted by molar-refractivity contribution is -0.384. The molecule has 19 heavy (non-hydrogen) atoms. The maximum atomic E-state index is 10.6. The average molecular weight is 263 g/mol. The van der Waals surface area contributed by atoms with Crippen molar-refractivity contribution in [2.24, 2.45) is 0 Å². The third-order valence-corrected chi connectivity index (χ3v) is 3.53. The second-order valence-corrected chi connectivity index (χ2v) is 5.21. The van der Waals surface area contributed by atoms with Gasteiger partial charge < -0.3 is 10.2 Å². The molecule has 0 bridgehead atoms. The normalized spacial score (nSPS) is 17.5. The monoisotopic (exact) mass is 263 g/mol. The molecule has 1 fully saturated rings. The topological polar surface area (TPSA) is 58.4 Å². The van der Waals surface area contributed by atoms with Gasteiger partial charge in [0.2, 0.25) is 0 Å². The molecule has 1 unspecified atom stereocenters. The fourth-order valence-corrected chi connectivity index (χ4v) is 2.44. The number of nitro groups is 1. The number of nitrogens with one attached hydrogen (secondary N) is 1. The Kier molecular flexibility index (Phi) is 4.87. The summed E-state index contributed by atoms with van der Waals surface area (Å²) in [7, 11) is 0. The smallest absolute Gasteiger partial charge is 0.269 e. The lowest BCUT2D eigenvalue weighted by Gasteiger charge is -2.21. The zero-order valence-corrected chi connectivity index (χ0v) is 11.3. The molecule has 1 N–H and O–H groups in total. The van der Waals surface area contributed by atoms with E-state index >= 15 is 0 Å². The first kappa shape index (κ1) is 14.0. The Balaban J connectivity index is 1.76. The summed E-state index contributed by atoms with van der Waals surface area (Å²) in [5, 5.41) is 14.0. The van der Waals surface area contributed by atoms with Gasteiger partial charge in [0.25, 0.3) is 5.69 Å². The molecule has 1 heterocycles. The Morgan fingerprint density at radius 1 is 1.32 bits per heavy atom. The molecule has 1 aromatic rings. The van der Waals surface area contributed by atoms with Crippen molar-refractivity contribution in [3.63, 3.8) is 0 Å². The van der Waals surface area contributed by atoms with E-state index in [1.54, 1.807) is 12.1 Å². The third kappa shape index (κ3) is 4.29. The number of nitro benzene ring substituents is 1. The highest BCUT2D eigenvalue weighted by Crippen LogP contribution is 2.12. The van der Waals surface area contributed by atoms with Crippen molar-refractivity contribution < 1.29 is 4.92 Å². The maximum absolute atomic E-state index is 10.6. The lowest BCUT2D eigenvalue weighted by atomic mass is 10.2. The minimum Gasteiger partial charge on any atom is -0.309 e. The number of rotatable bonds is 6. The van der Waals surface area contributed by atoms with Crippen molar-refractivity contribution in [2.75, 3.05) is 19.6 Å². The van der Waals surface area contributed by atoms with Gasteiger partial charge in [-0.1, -0.05) is 12.1 Å². The quantitative estimate of drug-likeness (QED) is 0.631. The zero-order valence-electron chi connectivity index (χ0n) is 11.3. The predicted molar refractivity (Wildman–Crippen MR) is 75.1 cm³/mol. The summed E-state index contributed by atoms with van der Waals surface area (Å²) in [6, 6.07) is 7.18. The molecule has 0 amide bonds. The molecule has 1 aromatic carbocycles. The molecule has 1 atom stereocenters. The Morgan fingerprint density at radius 2 is 1.95 bits per heavy atom. The zero-order chi connectivity index (χ0) is 13.7. The summed E-state index contributed by atoms with van der Waals surface area (Å²) < 4.78 is 0. The van der Waals surface area contributed by atoms with E-state index in [4.69, 9.17) is 0 Å². The SMILES string of the molecule is CC(CN1CCCC1)NCc1ccc([N+](=O)[O-])cc1. The molecular weight excluding hydrogens is 242 g/mol. The number of hydrogen-bond acceptors (Lipinski definition) is 4. The van der Waals surface area contributed by atoms with E-state index in [2.05, 4.69) is 17.1 Å². The molecule has 0 spiro atoms. The molecule has 0 aromatic heterocycles. The van der Waals surface area contributed by atoms with Crippen molar-refractivity contribution in [3.8, 4) is 0 Å². The van der Waals surface area contributed by atoms with Gasteiger partial charge in [0.05, 0.1) is 4.92 Å². The number of likely N-dealkylation sites (tertiary alicyclic amines) is 1. The van der Waals surface area contributed by atoms with Crippen LogP contribution < -0.4 is 5.32 Å². The molecule has 0 radical (unpaired) electrons. The fraction of sp³-hybridized carbons (Fsp3) is 0.571. The van der Waals surface area contributed by atoms with Gasteiger partial charge in [-0.25, -0.2) is 0 Å². The maximum Gasteiger partial charge on any atom is 0.269 e. The average Bonchev–Trinajstić information content (AvgIpc) is 2.89. The van der Waals surface area contributed by atoms with Crippen LogP contribution in [-0.2, 0) is 6.54 Å². The van der Waals surface area contributed by atoms with Crippen LogP contribution in [0.2, 0.25) is 0 Å². The second kappa shape index (κ2) is 6.63. The van der Waals surface area contributed by atoms with Crippen LogP contribution >= 0.6 is 0 Å². The van der Waals surface area contributed by atoms with Crippen LogP contribution in [-0.4, -0.2) is 35.5 Å². The Hall–Kier alpha value is -1.46. The van der Waals surface area contributed by atoms with Crippen LogP contribution in [0.25, 0.3) is 0 Å². The van der Waals surface area contributed by atoms with E-state index in [-0.39, 0.29) is 10.6 Å². The minimum atomic E-state index is -0.368. The summed E-state index contributed by atoms with van der Waals surface area (Å²) in [4.78, 5) is 12.7. The Labute approximate surface area is 113 Å². The van der Waals surface area contributed by atoms with Crippen molar-refractivity contribution in [1.29, 1.82) is 0 Å². The highest BCUT2D eigenvalue weighted by atomic mass is 16.6. The standard InChI is InChI=1S/C14H21N3O2/c1-12(11-16-8-2-3-9-16)15-10-13-4-6-14(7-5-13)17(18)19/h4-7,12,15H,2-3,8-11H2,1H3. The Morgan fingerprint density at radius 3 is 2.53 bits per heavy atom. The van der Waals surface area contributed by atoms with Gasteiger partial charge in [-0.3, -0.25) is 10.1 Å². The molecule has 2 rings (SSSR count).